The number of furan rings is 2. The summed E-state index contributed by atoms with van der Waals surface area (Å²) in [6.07, 6.45) is 1.52. The van der Waals surface area contributed by atoms with Gasteiger partial charge in [0.25, 0.3) is 0 Å². The normalized spacial score (nSPS) is 11.5. The summed E-state index contributed by atoms with van der Waals surface area (Å²) in [5.41, 5.74) is 0. The number of sulfonamides is 1. The highest BCUT2D eigenvalue weighted by Crippen LogP contribution is 2.24. The van der Waals surface area contributed by atoms with Crippen molar-refractivity contribution in [3.8, 4) is 11.5 Å². The molecule has 0 aliphatic carbocycles. The molecule has 0 aliphatic heterocycles. The van der Waals surface area contributed by atoms with Gasteiger partial charge in [-0.25, -0.2) is 17.9 Å². The number of hydrogen-bond donors (Lipinski definition) is 1. The summed E-state index contributed by atoms with van der Waals surface area (Å²) in [6.45, 7) is -0.0561. The molecule has 0 bridgehead atoms. The fourth-order valence-corrected chi connectivity index (χ4v) is 4.34. The van der Waals surface area contributed by atoms with E-state index in [4.69, 9.17) is 8.83 Å². The van der Waals surface area contributed by atoms with Crippen molar-refractivity contribution in [2.45, 2.75) is 11.4 Å². The molecule has 0 aliphatic rings. The molecular formula is C15H13NO6S2. The minimum Gasteiger partial charge on any atom is -0.465 e. The smallest absolute Gasteiger partial charge is 0.349 e. The fraction of sp³-hybridized carbons (Fsp3) is 0.133. The Morgan fingerprint density at radius 2 is 2.08 bits per heavy atom. The van der Waals surface area contributed by atoms with Crippen LogP contribution in [0.25, 0.3) is 11.5 Å². The average Bonchev–Trinajstić information content (AvgIpc) is 3.32. The van der Waals surface area contributed by atoms with Crippen molar-refractivity contribution >= 4 is 27.3 Å². The van der Waals surface area contributed by atoms with Crippen molar-refractivity contribution < 1.29 is 26.8 Å². The Bertz CT molecular complexity index is 936. The zero-order valence-corrected chi connectivity index (χ0v) is 14.1. The maximum absolute atomic E-state index is 12.4. The molecule has 0 aromatic carbocycles. The zero-order valence-electron chi connectivity index (χ0n) is 12.5. The van der Waals surface area contributed by atoms with Crippen molar-refractivity contribution in [3.63, 3.8) is 0 Å². The summed E-state index contributed by atoms with van der Waals surface area (Å²) in [5.74, 6) is 0.776. The van der Waals surface area contributed by atoms with Crippen LogP contribution in [0, 0.1) is 0 Å². The lowest BCUT2D eigenvalue weighted by molar-refractivity contribution is 0.0602. The molecule has 9 heteroatoms. The number of hydrogen-bond acceptors (Lipinski definition) is 7. The van der Waals surface area contributed by atoms with E-state index in [0.29, 0.717) is 17.3 Å². The number of thiophene rings is 1. The number of nitrogens with one attached hydrogen (secondary N) is 1. The number of rotatable bonds is 6. The molecule has 126 valence electrons. The third kappa shape index (κ3) is 3.28. The molecule has 7 nitrogen and oxygen atoms in total. The van der Waals surface area contributed by atoms with E-state index >= 15 is 0 Å². The summed E-state index contributed by atoms with van der Waals surface area (Å²) in [4.78, 5) is 11.5. The van der Waals surface area contributed by atoms with E-state index in [0.717, 1.165) is 11.3 Å². The van der Waals surface area contributed by atoms with Crippen molar-refractivity contribution in [2.24, 2.45) is 0 Å². The second-order valence-corrected chi connectivity index (χ2v) is 7.32. The Kier molecular flexibility index (Phi) is 4.56. The third-order valence-corrected chi connectivity index (χ3v) is 5.62. The van der Waals surface area contributed by atoms with Gasteiger partial charge in [-0.15, -0.1) is 11.3 Å². The maximum atomic E-state index is 12.4. The molecule has 1 N–H and O–H groups in total. The van der Waals surface area contributed by atoms with Crippen LogP contribution in [0.5, 0.6) is 0 Å². The first-order valence-corrected chi connectivity index (χ1v) is 9.15. The van der Waals surface area contributed by atoms with Crippen LogP contribution in [0.3, 0.4) is 0 Å². The average molecular weight is 367 g/mol. The predicted octanol–water partition coefficient (Wildman–Crippen LogP) is 2.87. The molecule has 0 spiro atoms. The molecule has 0 radical (unpaired) electrons. The lowest BCUT2D eigenvalue weighted by Crippen LogP contribution is -2.24. The SMILES string of the molecule is COC(=O)c1sccc1S(=O)(=O)NCc1ccc(-c2ccco2)o1. The zero-order chi connectivity index (χ0) is 17.2. The fourth-order valence-electron chi connectivity index (χ4n) is 2.02. The van der Waals surface area contributed by atoms with E-state index in [-0.39, 0.29) is 16.3 Å². The van der Waals surface area contributed by atoms with Crippen LogP contribution >= 0.6 is 11.3 Å². The van der Waals surface area contributed by atoms with Gasteiger partial charge in [-0.3, -0.25) is 0 Å². The van der Waals surface area contributed by atoms with Crippen LogP contribution in [0.15, 0.2) is 55.7 Å². The minimum absolute atomic E-state index is 0.0284. The van der Waals surface area contributed by atoms with Crippen LogP contribution in [-0.2, 0) is 21.3 Å². The summed E-state index contributed by atoms with van der Waals surface area (Å²) in [7, 11) is -2.67. The van der Waals surface area contributed by atoms with Gasteiger partial charge >= 0.3 is 5.97 Å². The highest BCUT2D eigenvalue weighted by Gasteiger charge is 2.24. The van der Waals surface area contributed by atoms with E-state index in [1.807, 2.05) is 0 Å². The van der Waals surface area contributed by atoms with Gasteiger partial charge < -0.3 is 13.6 Å². The quantitative estimate of drug-likeness (QED) is 0.673. The molecule has 0 unspecified atom stereocenters. The second-order valence-electron chi connectivity index (χ2n) is 4.67. The summed E-state index contributed by atoms with van der Waals surface area (Å²) < 4.78 is 42.5. The van der Waals surface area contributed by atoms with Crippen LogP contribution < -0.4 is 4.72 Å². The third-order valence-electron chi connectivity index (χ3n) is 3.15. The standard InChI is InChI=1S/C15H13NO6S2/c1-20-15(17)14-13(6-8-23-14)24(18,19)16-9-10-4-5-12(22-10)11-3-2-7-21-11/h2-8,16H,9H2,1H3. The van der Waals surface area contributed by atoms with E-state index in [1.54, 1.807) is 24.3 Å². The lowest BCUT2D eigenvalue weighted by atomic mass is 10.3. The highest BCUT2D eigenvalue weighted by molar-refractivity contribution is 7.89. The number of methoxy groups -OCH3 is 1. The van der Waals surface area contributed by atoms with Crippen LogP contribution in [0.1, 0.15) is 15.4 Å². The van der Waals surface area contributed by atoms with Gasteiger partial charge in [0.15, 0.2) is 11.5 Å². The van der Waals surface area contributed by atoms with Gasteiger partial charge in [0.2, 0.25) is 10.0 Å². The molecule has 0 saturated heterocycles. The van der Waals surface area contributed by atoms with Crippen LogP contribution in [0.2, 0.25) is 0 Å². The molecule has 0 amide bonds. The van der Waals surface area contributed by atoms with Gasteiger partial charge in [0, 0.05) is 0 Å². The second kappa shape index (κ2) is 6.63. The Morgan fingerprint density at radius 1 is 1.25 bits per heavy atom. The van der Waals surface area contributed by atoms with E-state index in [2.05, 4.69) is 9.46 Å². The van der Waals surface area contributed by atoms with Gasteiger partial charge in [0.05, 0.1) is 19.9 Å². The van der Waals surface area contributed by atoms with Gasteiger partial charge in [-0.05, 0) is 35.7 Å². The van der Waals surface area contributed by atoms with E-state index in [9.17, 15) is 13.2 Å². The summed E-state index contributed by atoms with van der Waals surface area (Å²) >= 11 is 1.00. The molecule has 0 fully saturated rings. The molecule has 0 saturated carbocycles. The summed E-state index contributed by atoms with van der Waals surface area (Å²) in [6, 6.07) is 8.16. The Labute approximate surface area is 141 Å². The number of carbonyl (C=O) groups is 1. The first-order chi connectivity index (χ1) is 11.5. The van der Waals surface area contributed by atoms with Crippen LogP contribution in [-0.4, -0.2) is 21.5 Å². The molecule has 0 atom stereocenters. The topological polar surface area (TPSA) is 98.8 Å². The number of esters is 1. The maximum Gasteiger partial charge on any atom is 0.349 e. The Balaban J connectivity index is 1.74. The van der Waals surface area contributed by atoms with Crippen molar-refractivity contribution in [2.75, 3.05) is 7.11 Å². The predicted molar refractivity (Wildman–Crippen MR) is 86.1 cm³/mol. The first-order valence-electron chi connectivity index (χ1n) is 6.79. The Morgan fingerprint density at radius 3 is 2.79 bits per heavy atom. The molecule has 3 aromatic rings. The van der Waals surface area contributed by atoms with Gasteiger partial charge in [-0.1, -0.05) is 0 Å². The number of carbonyl (C=O) groups excluding carboxylic acids is 1. The molecule has 3 rings (SSSR count). The molecule has 24 heavy (non-hydrogen) atoms. The first kappa shape index (κ1) is 16.5. The van der Waals surface area contributed by atoms with Gasteiger partial charge in [-0.2, -0.15) is 0 Å². The van der Waals surface area contributed by atoms with Crippen molar-refractivity contribution in [1.82, 2.24) is 4.72 Å². The number of ether oxygens (including phenoxy) is 1. The van der Waals surface area contributed by atoms with Crippen molar-refractivity contribution in [3.05, 3.63) is 52.6 Å². The molecular weight excluding hydrogens is 354 g/mol. The lowest BCUT2D eigenvalue weighted by Gasteiger charge is -2.05. The van der Waals surface area contributed by atoms with Crippen LogP contribution in [0.4, 0.5) is 0 Å². The largest absolute Gasteiger partial charge is 0.465 e. The monoisotopic (exact) mass is 367 g/mol. The van der Waals surface area contributed by atoms with E-state index < -0.39 is 16.0 Å². The highest BCUT2D eigenvalue weighted by atomic mass is 32.2. The minimum atomic E-state index is -3.87. The van der Waals surface area contributed by atoms with Gasteiger partial charge in [0.1, 0.15) is 15.5 Å². The summed E-state index contributed by atoms with van der Waals surface area (Å²) in [5, 5.41) is 1.52. The van der Waals surface area contributed by atoms with Crippen molar-refractivity contribution in [1.29, 1.82) is 0 Å². The van der Waals surface area contributed by atoms with E-state index in [1.165, 1.54) is 24.8 Å². The molecule has 3 heterocycles. The molecule has 3 aromatic heterocycles. The Hall–Kier alpha value is -2.36.